The Morgan fingerprint density at radius 1 is 1.47 bits per heavy atom. The smallest absolute Gasteiger partial charge is 0.121 e. The SMILES string of the molecule is C=CCn1c(C(C)C)nc2cc(OC)ccc21. The summed E-state index contributed by atoms with van der Waals surface area (Å²) in [5.74, 6) is 2.33. The van der Waals surface area contributed by atoms with Crippen LogP contribution in [0.15, 0.2) is 30.9 Å². The van der Waals surface area contributed by atoms with Gasteiger partial charge in [-0.25, -0.2) is 4.98 Å². The van der Waals surface area contributed by atoms with Gasteiger partial charge in [-0.2, -0.15) is 0 Å². The normalized spacial score (nSPS) is 11.1. The van der Waals surface area contributed by atoms with Gasteiger partial charge in [-0.1, -0.05) is 19.9 Å². The number of fused-ring (bicyclic) bond motifs is 1. The molecule has 3 nitrogen and oxygen atoms in total. The third kappa shape index (κ3) is 2.05. The van der Waals surface area contributed by atoms with Crippen molar-refractivity contribution in [3.8, 4) is 5.75 Å². The van der Waals surface area contributed by atoms with Gasteiger partial charge < -0.3 is 9.30 Å². The van der Waals surface area contributed by atoms with Gasteiger partial charge in [0, 0.05) is 18.5 Å². The summed E-state index contributed by atoms with van der Waals surface area (Å²) in [5.41, 5.74) is 2.12. The quantitative estimate of drug-likeness (QED) is 0.753. The van der Waals surface area contributed by atoms with Gasteiger partial charge in [0.15, 0.2) is 0 Å². The summed E-state index contributed by atoms with van der Waals surface area (Å²) in [6, 6.07) is 5.99. The molecule has 0 fully saturated rings. The van der Waals surface area contributed by atoms with E-state index in [2.05, 4.69) is 36.0 Å². The molecule has 0 radical (unpaired) electrons. The maximum absolute atomic E-state index is 5.22. The van der Waals surface area contributed by atoms with Crippen LogP contribution in [0, 0.1) is 0 Å². The Kier molecular flexibility index (Phi) is 3.18. The first-order chi connectivity index (χ1) is 8.17. The molecule has 3 heteroatoms. The minimum Gasteiger partial charge on any atom is -0.497 e. The van der Waals surface area contributed by atoms with Crippen LogP contribution in [0.25, 0.3) is 11.0 Å². The fourth-order valence-electron chi connectivity index (χ4n) is 2.02. The number of aromatic nitrogens is 2. The van der Waals surface area contributed by atoms with E-state index in [0.29, 0.717) is 5.92 Å². The van der Waals surface area contributed by atoms with E-state index in [-0.39, 0.29) is 0 Å². The highest BCUT2D eigenvalue weighted by Crippen LogP contribution is 2.25. The van der Waals surface area contributed by atoms with E-state index in [1.807, 2.05) is 18.2 Å². The van der Waals surface area contributed by atoms with Crippen molar-refractivity contribution in [2.45, 2.75) is 26.3 Å². The molecule has 0 saturated carbocycles. The number of imidazole rings is 1. The number of benzene rings is 1. The summed E-state index contributed by atoms with van der Waals surface area (Å²) >= 11 is 0. The second-order valence-corrected chi connectivity index (χ2v) is 4.38. The maximum Gasteiger partial charge on any atom is 0.121 e. The van der Waals surface area contributed by atoms with Crippen molar-refractivity contribution < 1.29 is 4.74 Å². The number of hydrogen-bond donors (Lipinski definition) is 0. The molecule has 0 atom stereocenters. The highest BCUT2D eigenvalue weighted by molar-refractivity contribution is 5.78. The fourth-order valence-corrected chi connectivity index (χ4v) is 2.02. The number of rotatable bonds is 4. The van der Waals surface area contributed by atoms with E-state index in [0.717, 1.165) is 29.2 Å². The Morgan fingerprint density at radius 3 is 2.82 bits per heavy atom. The molecule has 0 saturated heterocycles. The first-order valence-electron chi connectivity index (χ1n) is 5.82. The Morgan fingerprint density at radius 2 is 2.24 bits per heavy atom. The van der Waals surface area contributed by atoms with Gasteiger partial charge in [0.2, 0.25) is 0 Å². The van der Waals surface area contributed by atoms with E-state index in [1.54, 1.807) is 7.11 Å². The van der Waals surface area contributed by atoms with Crippen molar-refractivity contribution in [1.82, 2.24) is 9.55 Å². The molecule has 0 aliphatic rings. The zero-order chi connectivity index (χ0) is 12.4. The van der Waals surface area contributed by atoms with Crippen molar-refractivity contribution >= 4 is 11.0 Å². The average Bonchev–Trinajstić information content (AvgIpc) is 2.68. The highest BCUT2D eigenvalue weighted by atomic mass is 16.5. The van der Waals surface area contributed by atoms with E-state index >= 15 is 0 Å². The van der Waals surface area contributed by atoms with Crippen LogP contribution in [0.1, 0.15) is 25.6 Å². The lowest BCUT2D eigenvalue weighted by Crippen LogP contribution is -2.03. The molecule has 0 bridgehead atoms. The Balaban J connectivity index is 2.65. The summed E-state index contributed by atoms with van der Waals surface area (Å²) in [6.45, 7) is 8.89. The van der Waals surface area contributed by atoms with Crippen molar-refractivity contribution in [3.05, 3.63) is 36.7 Å². The number of nitrogens with zero attached hydrogens (tertiary/aromatic N) is 2. The second-order valence-electron chi connectivity index (χ2n) is 4.38. The Bertz CT molecular complexity index is 540. The first-order valence-corrected chi connectivity index (χ1v) is 5.82. The molecule has 0 unspecified atom stereocenters. The average molecular weight is 230 g/mol. The minimum atomic E-state index is 0.397. The van der Waals surface area contributed by atoms with Crippen LogP contribution < -0.4 is 4.74 Å². The summed E-state index contributed by atoms with van der Waals surface area (Å²) in [7, 11) is 1.67. The summed E-state index contributed by atoms with van der Waals surface area (Å²) in [5, 5.41) is 0. The number of ether oxygens (including phenoxy) is 1. The van der Waals surface area contributed by atoms with Gasteiger partial charge in [-0.05, 0) is 12.1 Å². The largest absolute Gasteiger partial charge is 0.497 e. The Hall–Kier alpha value is -1.77. The Labute approximate surface area is 102 Å². The molecule has 1 aromatic heterocycles. The third-order valence-electron chi connectivity index (χ3n) is 2.81. The molecule has 90 valence electrons. The summed E-state index contributed by atoms with van der Waals surface area (Å²) in [4.78, 5) is 4.67. The monoisotopic (exact) mass is 230 g/mol. The lowest BCUT2D eigenvalue weighted by molar-refractivity contribution is 0.415. The van der Waals surface area contributed by atoms with Gasteiger partial charge in [-0.3, -0.25) is 0 Å². The van der Waals surface area contributed by atoms with E-state index in [9.17, 15) is 0 Å². The molecule has 0 aliphatic heterocycles. The van der Waals surface area contributed by atoms with Crippen molar-refractivity contribution in [2.75, 3.05) is 7.11 Å². The number of methoxy groups -OCH3 is 1. The molecular weight excluding hydrogens is 212 g/mol. The van der Waals surface area contributed by atoms with E-state index in [4.69, 9.17) is 4.74 Å². The molecule has 2 aromatic rings. The predicted octanol–water partition coefficient (Wildman–Crippen LogP) is 3.35. The number of allylic oxidation sites excluding steroid dienone is 1. The van der Waals surface area contributed by atoms with Crippen LogP contribution in [0.3, 0.4) is 0 Å². The third-order valence-corrected chi connectivity index (χ3v) is 2.81. The van der Waals surface area contributed by atoms with Crippen LogP contribution in [0.4, 0.5) is 0 Å². The van der Waals surface area contributed by atoms with Gasteiger partial charge in [0.25, 0.3) is 0 Å². The molecule has 0 amide bonds. The van der Waals surface area contributed by atoms with Crippen LogP contribution in [-0.4, -0.2) is 16.7 Å². The molecule has 17 heavy (non-hydrogen) atoms. The van der Waals surface area contributed by atoms with E-state index in [1.165, 1.54) is 0 Å². The summed E-state index contributed by atoms with van der Waals surface area (Å²) in [6.07, 6.45) is 1.90. The maximum atomic E-state index is 5.22. The molecule has 0 spiro atoms. The molecular formula is C14H18N2O. The predicted molar refractivity (Wildman–Crippen MR) is 70.6 cm³/mol. The van der Waals surface area contributed by atoms with E-state index < -0.39 is 0 Å². The molecule has 1 heterocycles. The van der Waals surface area contributed by atoms with Crippen molar-refractivity contribution in [1.29, 1.82) is 0 Å². The van der Waals surface area contributed by atoms with Crippen molar-refractivity contribution in [2.24, 2.45) is 0 Å². The zero-order valence-corrected chi connectivity index (χ0v) is 10.6. The van der Waals surface area contributed by atoms with Gasteiger partial charge in [-0.15, -0.1) is 6.58 Å². The lowest BCUT2D eigenvalue weighted by atomic mass is 10.2. The van der Waals surface area contributed by atoms with Crippen LogP contribution in [0.5, 0.6) is 5.75 Å². The van der Waals surface area contributed by atoms with Gasteiger partial charge in [0.1, 0.15) is 11.6 Å². The molecule has 0 aliphatic carbocycles. The van der Waals surface area contributed by atoms with Crippen molar-refractivity contribution in [3.63, 3.8) is 0 Å². The molecule has 2 rings (SSSR count). The second kappa shape index (κ2) is 4.62. The molecule has 1 aromatic carbocycles. The topological polar surface area (TPSA) is 27.1 Å². The highest BCUT2D eigenvalue weighted by Gasteiger charge is 2.13. The lowest BCUT2D eigenvalue weighted by Gasteiger charge is -2.08. The van der Waals surface area contributed by atoms with Crippen LogP contribution in [-0.2, 0) is 6.54 Å². The van der Waals surface area contributed by atoms with Gasteiger partial charge in [0.05, 0.1) is 18.1 Å². The first kappa shape index (κ1) is 11.7. The standard InChI is InChI=1S/C14H18N2O/c1-5-8-16-13-7-6-11(17-4)9-12(13)15-14(16)10(2)3/h5-7,9-10H,1,8H2,2-4H3. The number of hydrogen-bond acceptors (Lipinski definition) is 2. The van der Waals surface area contributed by atoms with Crippen LogP contribution in [0.2, 0.25) is 0 Å². The summed E-state index contributed by atoms with van der Waals surface area (Å²) < 4.78 is 7.42. The minimum absolute atomic E-state index is 0.397. The zero-order valence-electron chi connectivity index (χ0n) is 10.6. The molecule has 0 N–H and O–H groups in total. The van der Waals surface area contributed by atoms with Gasteiger partial charge >= 0.3 is 0 Å². The fraction of sp³-hybridized carbons (Fsp3) is 0.357. The van der Waals surface area contributed by atoms with Crippen LogP contribution >= 0.6 is 0 Å².